The molecule has 0 aromatic heterocycles. The number of likely N-dealkylation sites (N-methyl/N-ethyl adjacent to an activating group) is 1. The zero-order valence-corrected chi connectivity index (χ0v) is 14.6. The van der Waals surface area contributed by atoms with Gasteiger partial charge >= 0.3 is 0 Å². The lowest BCUT2D eigenvalue weighted by molar-refractivity contribution is -0.122. The second kappa shape index (κ2) is 5.74. The van der Waals surface area contributed by atoms with Crippen LogP contribution in [0.25, 0.3) is 0 Å². The number of nitrogens with one attached hydrogen (secondary N) is 1. The molecule has 0 bridgehead atoms. The summed E-state index contributed by atoms with van der Waals surface area (Å²) in [4.78, 5) is 15.0. The van der Waals surface area contributed by atoms with E-state index in [1.54, 1.807) is 19.2 Å². The standard InChI is InChI=1S/C17H23N3O3S/c1-19-11-13-8-9-15(17(21)18-10-12-6-7-12)20(13)14-4-2-3-5-16(14)24(19,22)23/h2-5,12-13,15H,6-11H2,1H3,(H,18,21). The molecule has 7 heteroatoms. The van der Waals surface area contributed by atoms with Crippen LogP contribution in [0.4, 0.5) is 5.69 Å². The van der Waals surface area contributed by atoms with E-state index in [9.17, 15) is 13.2 Å². The first-order chi connectivity index (χ1) is 11.5. The van der Waals surface area contributed by atoms with Crippen LogP contribution >= 0.6 is 0 Å². The Balaban J connectivity index is 1.69. The second-order valence-electron chi connectivity index (χ2n) is 7.10. The van der Waals surface area contributed by atoms with Crippen molar-refractivity contribution in [1.82, 2.24) is 9.62 Å². The number of rotatable bonds is 3. The van der Waals surface area contributed by atoms with Gasteiger partial charge in [-0.25, -0.2) is 8.42 Å². The van der Waals surface area contributed by atoms with Gasteiger partial charge in [0.15, 0.2) is 0 Å². The average molecular weight is 349 g/mol. The molecule has 130 valence electrons. The lowest BCUT2D eigenvalue weighted by atomic mass is 10.2. The molecule has 1 aromatic carbocycles. The fraction of sp³-hybridized carbons (Fsp3) is 0.588. The van der Waals surface area contributed by atoms with Gasteiger partial charge in [-0.2, -0.15) is 4.31 Å². The largest absolute Gasteiger partial charge is 0.354 e. The predicted octanol–water partition coefficient (Wildman–Crippen LogP) is 1.18. The molecule has 1 aromatic rings. The Kier molecular flexibility index (Phi) is 3.80. The lowest BCUT2D eigenvalue weighted by Gasteiger charge is -2.31. The zero-order chi connectivity index (χ0) is 16.9. The fourth-order valence-electron chi connectivity index (χ4n) is 3.82. The van der Waals surface area contributed by atoms with Crippen molar-refractivity contribution in [2.75, 3.05) is 25.0 Å². The van der Waals surface area contributed by atoms with E-state index in [0.717, 1.165) is 19.4 Å². The maximum atomic E-state index is 12.8. The summed E-state index contributed by atoms with van der Waals surface area (Å²) in [5, 5.41) is 3.06. The first kappa shape index (κ1) is 15.9. The molecule has 0 spiro atoms. The SMILES string of the molecule is CN1CC2CCC(C(=O)NCC3CC3)N2c2ccccc2S1(=O)=O. The molecular weight excluding hydrogens is 326 g/mol. The number of carbonyl (C=O) groups excluding carboxylic acids is 1. The van der Waals surface area contributed by atoms with E-state index in [2.05, 4.69) is 5.32 Å². The number of carbonyl (C=O) groups is 1. The van der Waals surface area contributed by atoms with Gasteiger partial charge in [-0.3, -0.25) is 4.79 Å². The van der Waals surface area contributed by atoms with E-state index >= 15 is 0 Å². The van der Waals surface area contributed by atoms with Crippen LogP contribution in [-0.4, -0.2) is 50.9 Å². The van der Waals surface area contributed by atoms with Gasteiger partial charge in [0.2, 0.25) is 15.9 Å². The van der Waals surface area contributed by atoms with Crippen LogP contribution in [0.5, 0.6) is 0 Å². The van der Waals surface area contributed by atoms with Gasteiger partial charge in [-0.1, -0.05) is 12.1 Å². The molecule has 1 aliphatic carbocycles. The molecule has 3 aliphatic rings. The Bertz CT molecular complexity index is 760. The molecular formula is C17H23N3O3S. The number of hydrogen-bond acceptors (Lipinski definition) is 4. The van der Waals surface area contributed by atoms with Gasteiger partial charge in [0, 0.05) is 26.2 Å². The highest BCUT2D eigenvalue weighted by Gasteiger charge is 2.44. The van der Waals surface area contributed by atoms with Crippen LogP contribution in [0, 0.1) is 5.92 Å². The summed E-state index contributed by atoms with van der Waals surface area (Å²) >= 11 is 0. The molecule has 2 atom stereocenters. The Labute approximate surface area is 142 Å². The summed E-state index contributed by atoms with van der Waals surface area (Å²) in [5.41, 5.74) is 0.663. The minimum absolute atomic E-state index is 0.0288. The van der Waals surface area contributed by atoms with E-state index in [4.69, 9.17) is 0 Å². The van der Waals surface area contributed by atoms with Crippen LogP contribution in [0.1, 0.15) is 25.7 Å². The van der Waals surface area contributed by atoms with Crippen molar-refractivity contribution in [2.24, 2.45) is 5.92 Å². The zero-order valence-electron chi connectivity index (χ0n) is 13.8. The number of sulfonamides is 1. The number of amides is 1. The van der Waals surface area contributed by atoms with Crippen molar-refractivity contribution in [3.8, 4) is 0 Å². The molecule has 6 nitrogen and oxygen atoms in total. The van der Waals surface area contributed by atoms with E-state index in [1.165, 1.54) is 17.1 Å². The quantitative estimate of drug-likeness (QED) is 0.890. The fourth-order valence-corrected chi connectivity index (χ4v) is 5.21. The predicted molar refractivity (Wildman–Crippen MR) is 91.3 cm³/mol. The van der Waals surface area contributed by atoms with Crippen molar-refractivity contribution in [3.05, 3.63) is 24.3 Å². The van der Waals surface area contributed by atoms with Gasteiger partial charge in [0.1, 0.15) is 10.9 Å². The highest BCUT2D eigenvalue weighted by atomic mass is 32.2. The molecule has 1 saturated heterocycles. The van der Waals surface area contributed by atoms with Gasteiger partial charge in [-0.15, -0.1) is 0 Å². The summed E-state index contributed by atoms with van der Waals surface area (Å²) in [7, 11) is -1.88. The summed E-state index contributed by atoms with van der Waals surface area (Å²) in [6, 6.07) is 6.81. The lowest BCUT2D eigenvalue weighted by Crippen LogP contribution is -2.48. The third kappa shape index (κ3) is 2.59. The van der Waals surface area contributed by atoms with E-state index in [-0.39, 0.29) is 18.0 Å². The van der Waals surface area contributed by atoms with Gasteiger partial charge in [0.25, 0.3) is 0 Å². The number of anilines is 1. The number of para-hydroxylation sites is 1. The number of benzene rings is 1. The topological polar surface area (TPSA) is 69.7 Å². The molecule has 2 unspecified atom stereocenters. The minimum atomic E-state index is -3.50. The smallest absolute Gasteiger partial charge is 0.244 e. The molecule has 24 heavy (non-hydrogen) atoms. The maximum absolute atomic E-state index is 12.8. The van der Waals surface area contributed by atoms with Crippen LogP contribution in [0.2, 0.25) is 0 Å². The van der Waals surface area contributed by atoms with Crippen LogP contribution in [0.3, 0.4) is 0 Å². The van der Waals surface area contributed by atoms with Crippen LogP contribution in [0.15, 0.2) is 29.2 Å². The van der Waals surface area contributed by atoms with E-state index in [1.807, 2.05) is 17.0 Å². The molecule has 2 heterocycles. The second-order valence-corrected chi connectivity index (χ2v) is 9.11. The van der Waals surface area contributed by atoms with Crippen molar-refractivity contribution >= 4 is 21.6 Å². The molecule has 1 saturated carbocycles. The third-order valence-electron chi connectivity index (χ3n) is 5.37. The van der Waals surface area contributed by atoms with Crippen molar-refractivity contribution in [2.45, 2.75) is 42.7 Å². The van der Waals surface area contributed by atoms with Gasteiger partial charge in [0.05, 0.1) is 5.69 Å². The first-order valence-corrected chi connectivity index (χ1v) is 10.0. The van der Waals surface area contributed by atoms with Crippen LogP contribution < -0.4 is 10.2 Å². The molecule has 0 radical (unpaired) electrons. The van der Waals surface area contributed by atoms with Crippen LogP contribution in [-0.2, 0) is 14.8 Å². The van der Waals surface area contributed by atoms with E-state index in [0.29, 0.717) is 23.0 Å². The third-order valence-corrected chi connectivity index (χ3v) is 7.24. The minimum Gasteiger partial charge on any atom is -0.354 e. The van der Waals surface area contributed by atoms with Crippen molar-refractivity contribution in [3.63, 3.8) is 0 Å². The highest BCUT2D eigenvalue weighted by Crippen LogP contribution is 2.39. The summed E-state index contributed by atoms with van der Waals surface area (Å²) in [5.74, 6) is 0.662. The molecule has 4 rings (SSSR count). The molecule has 2 fully saturated rings. The normalized spacial score (nSPS) is 28.8. The average Bonchev–Trinajstić information content (AvgIpc) is 3.32. The molecule has 1 N–H and O–H groups in total. The maximum Gasteiger partial charge on any atom is 0.244 e. The molecule has 2 aliphatic heterocycles. The summed E-state index contributed by atoms with van der Waals surface area (Å²) in [6.07, 6.45) is 3.99. The highest BCUT2D eigenvalue weighted by molar-refractivity contribution is 7.89. The van der Waals surface area contributed by atoms with E-state index < -0.39 is 10.0 Å². The summed E-state index contributed by atoms with van der Waals surface area (Å²) in [6.45, 7) is 1.16. The Morgan fingerprint density at radius 2 is 1.96 bits per heavy atom. The van der Waals surface area contributed by atoms with Gasteiger partial charge < -0.3 is 10.2 Å². The first-order valence-electron chi connectivity index (χ1n) is 8.60. The van der Waals surface area contributed by atoms with Crippen molar-refractivity contribution in [1.29, 1.82) is 0 Å². The number of fused-ring (bicyclic) bond motifs is 3. The van der Waals surface area contributed by atoms with Gasteiger partial charge in [-0.05, 0) is 43.7 Å². The number of nitrogens with zero attached hydrogens (tertiary/aromatic N) is 2. The van der Waals surface area contributed by atoms with Crippen molar-refractivity contribution < 1.29 is 13.2 Å². The monoisotopic (exact) mass is 349 g/mol. The molecule has 1 amide bonds. The summed E-state index contributed by atoms with van der Waals surface area (Å²) < 4.78 is 26.9. The number of hydrogen-bond donors (Lipinski definition) is 1. The Hall–Kier alpha value is -1.60. The Morgan fingerprint density at radius 1 is 1.21 bits per heavy atom. The Morgan fingerprint density at radius 3 is 2.71 bits per heavy atom.